The van der Waals surface area contributed by atoms with Crippen molar-refractivity contribution >= 4 is 17.6 Å². The number of nitrogens with zero attached hydrogens (tertiary/aromatic N) is 1. The Hall–Kier alpha value is -1.84. The number of hydrogen-bond acceptors (Lipinski definition) is 3. The molecule has 0 radical (unpaired) electrons. The van der Waals surface area contributed by atoms with Crippen LogP contribution in [0.4, 0.5) is 5.69 Å². The van der Waals surface area contributed by atoms with Crippen molar-refractivity contribution in [3.8, 4) is 0 Å². The summed E-state index contributed by atoms with van der Waals surface area (Å²) in [5.74, 6) is -0.267. The summed E-state index contributed by atoms with van der Waals surface area (Å²) in [6.45, 7) is 8.02. The maximum atomic E-state index is 13.6. The van der Waals surface area contributed by atoms with Crippen molar-refractivity contribution in [2.75, 3.05) is 4.90 Å². The number of amides is 1. The molecule has 1 aromatic rings. The van der Waals surface area contributed by atoms with E-state index in [0.717, 1.165) is 12.1 Å². The van der Waals surface area contributed by atoms with Crippen molar-refractivity contribution in [3.05, 3.63) is 29.8 Å². The molecule has 0 N–H and O–H groups in total. The SMILES string of the molecule is C[C@H]1Cc2ccccc2N1C(=O)[C@]12CC[C@](C)(C(=O)O1)C2(C)C. The van der Waals surface area contributed by atoms with Gasteiger partial charge >= 0.3 is 5.97 Å². The molecule has 2 heterocycles. The van der Waals surface area contributed by atoms with Crippen LogP contribution in [-0.4, -0.2) is 23.5 Å². The van der Waals surface area contributed by atoms with Gasteiger partial charge in [0.25, 0.3) is 5.91 Å². The van der Waals surface area contributed by atoms with Gasteiger partial charge in [-0.1, -0.05) is 32.0 Å². The Kier molecular flexibility index (Phi) is 2.67. The minimum absolute atomic E-state index is 0.0467. The number of esters is 1. The smallest absolute Gasteiger partial charge is 0.313 e. The number of fused-ring (bicyclic) bond motifs is 3. The Balaban J connectivity index is 1.80. The van der Waals surface area contributed by atoms with Crippen molar-refractivity contribution in [2.24, 2.45) is 10.8 Å². The van der Waals surface area contributed by atoms with Crippen LogP contribution in [0.5, 0.6) is 0 Å². The number of ether oxygens (including phenoxy) is 1. The van der Waals surface area contributed by atoms with Gasteiger partial charge in [-0.25, -0.2) is 0 Å². The maximum absolute atomic E-state index is 13.6. The highest BCUT2D eigenvalue weighted by atomic mass is 16.6. The zero-order chi connectivity index (χ0) is 16.6. The second kappa shape index (κ2) is 4.16. The minimum atomic E-state index is -1.02. The molecule has 2 aliphatic heterocycles. The zero-order valence-corrected chi connectivity index (χ0v) is 14.2. The van der Waals surface area contributed by atoms with E-state index in [0.29, 0.717) is 12.8 Å². The van der Waals surface area contributed by atoms with E-state index in [4.69, 9.17) is 4.74 Å². The molecular formula is C19H23NO3. The summed E-state index contributed by atoms with van der Waals surface area (Å²) in [5, 5.41) is 0. The van der Waals surface area contributed by atoms with Gasteiger partial charge in [-0.2, -0.15) is 0 Å². The first kappa shape index (κ1) is 14.7. The lowest BCUT2D eigenvalue weighted by molar-refractivity contribution is -0.167. The number of anilines is 1. The molecule has 1 amide bonds. The van der Waals surface area contributed by atoms with E-state index in [1.54, 1.807) is 0 Å². The first-order valence-corrected chi connectivity index (χ1v) is 8.40. The van der Waals surface area contributed by atoms with Crippen molar-refractivity contribution in [1.29, 1.82) is 0 Å². The Morgan fingerprint density at radius 2 is 1.91 bits per heavy atom. The molecule has 1 saturated carbocycles. The van der Waals surface area contributed by atoms with Crippen LogP contribution in [0.25, 0.3) is 0 Å². The maximum Gasteiger partial charge on any atom is 0.313 e. The predicted octanol–water partition coefficient (Wildman–Crippen LogP) is 3.09. The second-order valence-electron chi connectivity index (χ2n) is 8.03. The topological polar surface area (TPSA) is 46.6 Å². The fourth-order valence-electron chi connectivity index (χ4n) is 4.79. The first-order valence-electron chi connectivity index (χ1n) is 8.40. The minimum Gasteiger partial charge on any atom is -0.448 e. The van der Waals surface area contributed by atoms with Crippen molar-refractivity contribution in [2.45, 2.75) is 58.6 Å². The third-order valence-corrected chi connectivity index (χ3v) is 6.86. The number of para-hydroxylation sites is 1. The van der Waals surface area contributed by atoms with E-state index in [1.165, 1.54) is 5.56 Å². The Labute approximate surface area is 136 Å². The lowest BCUT2D eigenvalue weighted by atomic mass is 9.66. The number of rotatable bonds is 1. The fourth-order valence-corrected chi connectivity index (χ4v) is 4.79. The summed E-state index contributed by atoms with van der Waals surface area (Å²) in [6, 6.07) is 8.12. The molecule has 3 atom stereocenters. The van der Waals surface area contributed by atoms with Crippen LogP contribution in [0.15, 0.2) is 24.3 Å². The molecule has 23 heavy (non-hydrogen) atoms. The Bertz CT molecular complexity index is 725. The van der Waals surface area contributed by atoms with Gasteiger partial charge in [0.15, 0.2) is 5.60 Å². The predicted molar refractivity (Wildman–Crippen MR) is 87.0 cm³/mol. The molecule has 0 aromatic heterocycles. The van der Waals surface area contributed by atoms with E-state index in [9.17, 15) is 9.59 Å². The van der Waals surface area contributed by atoms with Gasteiger partial charge in [-0.3, -0.25) is 9.59 Å². The van der Waals surface area contributed by atoms with Gasteiger partial charge in [0.1, 0.15) is 0 Å². The van der Waals surface area contributed by atoms with Crippen LogP contribution >= 0.6 is 0 Å². The summed E-state index contributed by atoms with van der Waals surface area (Å²) >= 11 is 0. The Morgan fingerprint density at radius 3 is 2.52 bits per heavy atom. The first-order chi connectivity index (χ1) is 10.7. The molecule has 2 bridgehead atoms. The van der Waals surface area contributed by atoms with Crippen LogP contribution < -0.4 is 4.90 Å². The molecule has 2 fully saturated rings. The van der Waals surface area contributed by atoms with E-state index < -0.39 is 16.4 Å². The average Bonchev–Trinajstić information content (AvgIpc) is 2.99. The average molecular weight is 313 g/mol. The van der Waals surface area contributed by atoms with Gasteiger partial charge in [0.2, 0.25) is 0 Å². The summed E-state index contributed by atoms with van der Waals surface area (Å²) in [7, 11) is 0. The van der Waals surface area contributed by atoms with Crippen LogP contribution in [0.2, 0.25) is 0 Å². The van der Waals surface area contributed by atoms with Crippen molar-refractivity contribution in [1.82, 2.24) is 0 Å². The summed E-state index contributed by atoms with van der Waals surface area (Å²) in [5.41, 5.74) is 0.0700. The number of carbonyl (C=O) groups excluding carboxylic acids is 2. The van der Waals surface area contributed by atoms with Gasteiger partial charge in [-0.15, -0.1) is 0 Å². The van der Waals surface area contributed by atoms with E-state index in [1.807, 2.05) is 43.9 Å². The van der Waals surface area contributed by atoms with Crippen molar-refractivity contribution in [3.63, 3.8) is 0 Å². The monoisotopic (exact) mass is 313 g/mol. The third kappa shape index (κ3) is 1.47. The van der Waals surface area contributed by atoms with Gasteiger partial charge in [0.05, 0.1) is 5.41 Å². The molecule has 1 aliphatic carbocycles. The van der Waals surface area contributed by atoms with Crippen LogP contribution in [0.3, 0.4) is 0 Å². The Morgan fingerprint density at radius 1 is 1.22 bits per heavy atom. The highest BCUT2D eigenvalue weighted by Gasteiger charge is 2.76. The summed E-state index contributed by atoms with van der Waals surface area (Å²) in [6.07, 6.45) is 2.19. The molecule has 1 aromatic carbocycles. The third-order valence-electron chi connectivity index (χ3n) is 6.86. The number of hydrogen-bond donors (Lipinski definition) is 0. The fraction of sp³-hybridized carbons (Fsp3) is 0.579. The summed E-state index contributed by atoms with van der Waals surface area (Å²) in [4.78, 5) is 27.8. The quantitative estimate of drug-likeness (QED) is 0.749. The van der Waals surface area contributed by atoms with E-state index in [2.05, 4.69) is 13.0 Å². The molecular weight excluding hydrogens is 290 g/mol. The standard InChI is InChI=1S/C19H23NO3/c1-12-11-13-7-5-6-8-14(13)20(12)15(21)19-10-9-18(4,16(22)23-19)17(19,2)3/h5-8,12H,9-11H2,1-4H3/t12-,18+,19-/m0/s1. The van der Waals surface area contributed by atoms with Gasteiger partial charge in [0, 0.05) is 17.1 Å². The van der Waals surface area contributed by atoms with E-state index in [-0.39, 0.29) is 17.9 Å². The highest BCUT2D eigenvalue weighted by Crippen LogP contribution is 2.66. The lowest BCUT2D eigenvalue weighted by Crippen LogP contribution is -2.56. The highest BCUT2D eigenvalue weighted by molar-refractivity contribution is 6.06. The van der Waals surface area contributed by atoms with Crippen LogP contribution in [-0.2, 0) is 20.7 Å². The second-order valence-corrected chi connectivity index (χ2v) is 8.03. The zero-order valence-electron chi connectivity index (χ0n) is 14.2. The van der Waals surface area contributed by atoms with Gasteiger partial charge in [-0.05, 0) is 44.7 Å². The summed E-state index contributed by atoms with van der Waals surface area (Å²) < 4.78 is 5.77. The molecule has 0 spiro atoms. The van der Waals surface area contributed by atoms with Crippen LogP contribution in [0.1, 0.15) is 46.1 Å². The normalized spacial score (nSPS) is 37.0. The van der Waals surface area contributed by atoms with Crippen LogP contribution in [0, 0.1) is 10.8 Å². The number of carbonyl (C=O) groups is 2. The van der Waals surface area contributed by atoms with Gasteiger partial charge < -0.3 is 9.64 Å². The lowest BCUT2D eigenvalue weighted by Gasteiger charge is -2.39. The molecule has 0 unspecified atom stereocenters. The molecule has 4 nitrogen and oxygen atoms in total. The molecule has 1 saturated heterocycles. The largest absolute Gasteiger partial charge is 0.448 e. The molecule has 3 aliphatic rings. The van der Waals surface area contributed by atoms with Crippen molar-refractivity contribution < 1.29 is 14.3 Å². The molecule has 4 rings (SSSR count). The number of benzene rings is 1. The molecule has 122 valence electrons. The molecule has 4 heteroatoms. The van der Waals surface area contributed by atoms with E-state index >= 15 is 0 Å².